The second kappa shape index (κ2) is 6.50. The number of methoxy groups -OCH3 is 1. The maximum absolute atomic E-state index is 11.4. The normalized spacial score (nSPS) is 11.3. The third-order valence-corrected chi connectivity index (χ3v) is 3.73. The maximum atomic E-state index is 11.4. The van der Waals surface area contributed by atoms with Crippen molar-refractivity contribution in [2.45, 2.75) is 13.8 Å². The number of hydrogen-bond acceptors (Lipinski definition) is 6. The van der Waals surface area contributed by atoms with Gasteiger partial charge in [-0.2, -0.15) is 0 Å². The molecule has 0 aromatic carbocycles. The molecule has 0 saturated heterocycles. The lowest BCUT2D eigenvalue weighted by Crippen LogP contribution is -2.29. The molecule has 0 amide bonds. The summed E-state index contributed by atoms with van der Waals surface area (Å²) in [5, 5.41) is 2.95. The largest absolute Gasteiger partial charge is 0.481 e. The van der Waals surface area contributed by atoms with E-state index in [1.807, 2.05) is 0 Å². The van der Waals surface area contributed by atoms with Gasteiger partial charge in [-0.15, -0.1) is 0 Å². The van der Waals surface area contributed by atoms with Crippen LogP contribution in [0.1, 0.15) is 12.5 Å². The van der Waals surface area contributed by atoms with Crippen LogP contribution < -0.4 is 14.8 Å². The van der Waals surface area contributed by atoms with E-state index in [2.05, 4.69) is 20.0 Å². The first kappa shape index (κ1) is 14.7. The molecule has 0 aliphatic rings. The van der Waals surface area contributed by atoms with Crippen molar-refractivity contribution >= 4 is 15.8 Å². The monoisotopic (exact) mass is 274 g/mol. The summed E-state index contributed by atoms with van der Waals surface area (Å²) in [6, 6.07) is 0. The summed E-state index contributed by atoms with van der Waals surface area (Å²) >= 11 is 0. The smallest absolute Gasteiger partial charge is 0.221 e. The SMILES string of the molecule is CCNS(=O)(=O)CCNc1ncnc(OC)c1C. The number of anilines is 1. The minimum Gasteiger partial charge on any atom is -0.481 e. The van der Waals surface area contributed by atoms with Crippen molar-refractivity contribution in [3.05, 3.63) is 11.9 Å². The van der Waals surface area contributed by atoms with Crippen LogP contribution >= 0.6 is 0 Å². The molecule has 1 heterocycles. The number of ether oxygens (including phenoxy) is 1. The minimum atomic E-state index is -3.22. The first-order valence-corrected chi connectivity index (χ1v) is 7.22. The molecule has 1 aromatic heterocycles. The molecule has 0 bridgehead atoms. The molecule has 1 rings (SSSR count). The summed E-state index contributed by atoms with van der Waals surface area (Å²) in [6.07, 6.45) is 1.37. The number of sulfonamides is 1. The predicted molar refractivity (Wildman–Crippen MR) is 69.3 cm³/mol. The molecular weight excluding hydrogens is 256 g/mol. The molecule has 0 aliphatic heterocycles. The number of rotatable bonds is 7. The van der Waals surface area contributed by atoms with E-state index in [-0.39, 0.29) is 12.3 Å². The highest BCUT2D eigenvalue weighted by Crippen LogP contribution is 2.19. The Morgan fingerprint density at radius 3 is 2.72 bits per heavy atom. The van der Waals surface area contributed by atoms with Crippen LogP contribution in [0.4, 0.5) is 5.82 Å². The Morgan fingerprint density at radius 1 is 1.39 bits per heavy atom. The fourth-order valence-corrected chi connectivity index (χ4v) is 2.37. The summed E-state index contributed by atoms with van der Waals surface area (Å²) in [7, 11) is -1.69. The van der Waals surface area contributed by atoms with Crippen LogP contribution in [0.25, 0.3) is 0 Å². The Bertz CT molecular complexity index is 490. The van der Waals surface area contributed by atoms with E-state index in [0.29, 0.717) is 18.2 Å². The zero-order valence-corrected chi connectivity index (χ0v) is 11.5. The van der Waals surface area contributed by atoms with Crippen LogP contribution in [-0.4, -0.2) is 44.3 Å². The lowest BCUT2D eigenvalue weighted by Gasteiger charge is -2.10. The van der Waals surface area contributed by atoms with Gasteiger partial charge in [0.15, 0.2) is 0 Å². The Balaban J connectivity index is 2.60. The van der Waals surface area contributed by atoms with E-state index in [9.17, 15) is 8.42 Å². The highest BCUT2D eigenvalue weighted by atomic mass is 32.2. The molecule has 2 N–H and O–H groups in total. The Morgan fingerprint density at radius 2 is 2.11 bits per heavy atom. The summed E-state index contributed by atoms with van der Waals surface area (Å²) in [5.41, 5.74) is 0.751. The Hall–Kier alpha value is -1.41. The van der Waals surface area contributed by atoms with Crippen molar-refractivity contribution < 1.29 is 13.2 Å². The van der Waals surface area contributed by atoms with Gasteiger partial charge in [0, 0.05) is 13.1 Å². The number of nitrogens with one attached hydrogen (secondary N) is 2. The lowest BCUT2D eigenvalue weighted by molar-refractivity contribution is 0.393. The number of aromatic nitrogens is 2. The van der Waals surface area contributed by atoms with Gasteiger partial charge in [0.05, 0.1) is 18.4 Å². The zero-order chi connectivity index (χ0) is 13.6. The van der Waals surface area contributed by atoms with Crippen molar-refractivity contribution in [2.75, 3.05) is 31.3 Å². The third-order valence-electron chi connectivity index (χ3n) is 2.26. The molecule has 1 aromatic rings. The average molecular weight is 274 g/mol. The molecule has 0 unspecified atom stereocenters. The molecule has 0 fully saturated rings. The van der Waals surface area contributed by atoms with Gasteiger partial charge < -0.3 is 10.1 Å². The van der Waals surface area contributed by atoms with Gasteiger partial charge >= 0.3 is 0 Å². The summed E-state index contributed by atoms with van der Waals surface area (Å²) < 4.78 is 30.3. The van der Waals surface area contributed by atoms with E-state index >= 15 is 0 Å². The predicted octanol–water partition coefficient (Wildman–Crippen LogP) is 0.145. The van der Waals surface area contributed by atoms with Crippen molar-refractivity contribution in [1.29, 1.82) is 0 Å². The van der Waals surface area contributed by atoms with Crippen LogP contribution in [0.3, 0.4) is 0 Å². The molecule has 18 heavy (non-hydrogen) atoms. The van der Waals surface area contributed by atoms with Crippen molar-refractivity contribution in [2.24, 2.45) is 0 Å². The fraction of sp³-hybridized carbons (Fsp3) is 0.600. The molecule has 0 aliphatic carbocycles. The Kier molecular flexibility index (Phi) is 5.29. The van der Waals surface area contributed by atoms with Gasteiger partial charge in [-0.05, 0) is 6.92 Å². The average Bonchev–Trinajstić information content (AvgIpc) is 2.31. The van der Waals surface area contributed by atoms with Crippen molar-refractivity contribution in [3.63, 3.8) is 0 Å². The van der Waals surface area contributed by atoms with Gasteiger partial charge in [0.25, 0.3) is 0 Å². The molecule has 0 radical (unpaired) electrons. The molecular formula is C10H18N4O3S. The van der Waals surface area contributed by atoms with Crippen LogP contribution in [0.2, 0.25) is 0 Å². The molecule has 0 atom stereocenters. The van der Waals surface area contributed by atoms with Crippen LogP contribution in [-0.2, 0) is 10.0 Å². The van der Waals surface area contributed by atoms with E-state index in [1.165, 1.54) is 13.4 Å². The van der Waals surface area contributed by atoms with E-state index in [0.717, 1.165) is 5.56 Å². The standard InChI is InChI=1S/C10H18N4O3S/c1-4-14-18(15,16)6-5-11-9-8(2)10(17-3)13-7-12-9/h7,14H,4-6H2,1-3H3,(H,11,12,13). The molecule has 8 heteroatoms. The Labute approximate surface area is 107 Å². The van der Waals surface area contributed by atoms with Gasteiger partial charge in [-0.1, -0.05) is 6.92 Å². The summed E-state index contributed by atoms with van der Waals surface area (Å²) in [5.74, 6) is 1.04. The second-order valence-corrected chi connectivity index (χ2v) is 5.53. The highest BCUT2D eigenvalue weighted by molar-refractivity contribution is 7.89. The molecule has 102 valence electrons. The van der Waals surface area contributed by atoms with Crippen LogP contribution in [0.5, 0.6) is 5.88 Å². The van der Waals surface area contributed by atoms with E-state index in [1.54, 1.807) is 13.8 Å². The van der Waals surface area contributed by atoms with Gasteiger partial charge in [-0.25, -0.2) is 23.1 Å². The summed E-state index contributed by atoms with van der Waals surface area (Å²) in [6.45, 7) is 4.21. The van der Waals surface area contributed by atoms with Crippen molar-refractivity contribution in [1.82, 2.24) is 14.7 Å². The third kappa shape index (κ3) is 4.11. The van der Waals surface area contributed by atoms with E-state index in [4.69, 9.17) is 4.74 Å². The minimum absolute atomic E-state index is 0.00734. The lowest BCUT2D eigenvalue weighted by atomic mass is 10.3. The fourth-order valence-electron chi connectivity index (χ4n) is 1.41. The maximum Gasteiger partial charge on any atom is 0.221 e. The van der Waals surface area contributed by atoms with Gasteiger partial charge in [-0.3, -0.25) is 0 Å². The molecule has 0 spiro atoms. The zero-order valence-electron chi connectivity index (χ0n) is 10.7. The molecule has 7 nitrogen and oxygen atoms in total. The first-order valence-electron chi connectivity index (χ1n) is 5.57. The van der Waals surface area contributed by atoms with Crippen LogP contribution in [0, 0.1) is 6.92 Å². The van der Waals surface area contributed by atoms with Crippen molar-refractivity contribution in [3.8, 4) is 5.88 Å². The quantitative estimate of drug-likeness (QED) is 0.735. The first-order chi connectivity index (χ1) is 8.50. The summed E-state index contributed by atoms with van der Waals surface area (Å²) in [4.78, 5) is 7.97. The second-order valence-electron chi connectivity index (χ2n) is 3.60. The van der Waals surface area contributed by atoms with Gasteiger partial charge in [0.1, 0.15) is 12.1 Å². The van der Waals surface area contributed by atoms with Crippen LogP contribution in [0.15, 0.2) is 6.33 Å². The van der Waals surface area contributed by atoms with E-state index < -0.39 is 10.0 Å². The molecule has 0 saturated carbocycles. The highest BCUT2D eigenvalue weighted by Gasteiger charge is 2.10. The number of nitrogens with zero attached hydrogens (tertiary/aromatic N) is 2. The number of hydrogen-bond donors (Lipinski definition) is 2. The van der Waals surface area contributed by atoms with Gasteiger partial charge in [0.2, 0.25) is 15.9 Å². The topological polar surface area (TPSA) is 93.2 Å².